The van der Waals surface area contributed by atoms with E-state index in [2.05, 4.69) is 16.6 Å². The van der Waals surface area contributed by atoms with Crippen LogP contribution in [0.5, 0.6) is 0 Å². The molecule has 0 aromatic heterocycles. The fourth-order valence-electron chi connectivity index (χ4n) is 4.64. The first-order valence-electron chi connectivity index (χ1n) is 19.0. The monoisotopic (exact) mass is 826 g/mol. The first kappa shape index (κ1) is 55.3. The maximum absolute atomic E-state index is 12.6. The number of likely N-dealkylation sites (N-methyl/N-ethyl adjacent to an activating group) is 1. The molecule has 0 bridgehead atoms. The van der Waals surface area contributed by atoms with E-state index in [1.54, 1.807) is 64.5 Å². The second-order valence-corrected chi connectivity index (χ2v) is 11.9. The summed E-state index contributed by atoms with van der Waals surface area (Å²) < 4.78 is 51.6. The molecule has 10 nitrogen and oxygen atoms in total. The number of carbonyl (C=O) groups is 5. The Bertz CT molecular complexity index is 1740. The second-order valence-electron chi connectivity index (χ2n) is 11.9. The van der Waals surface area contributed by atoms with E-state index in [-0.39, 0.29) is 25.3 Å². The average Bonchev–Trinajstić information content (AvgIpc) is 3.27. The van der Waals surface area contributed by atoms with Crippen molar-refractivity contribution in [2.75, 3.05) is 48.1 Å². The Kier molecular flexibility index (Phi) is 29.2. The maximum Gasteiger partial charge on any atom is 0.416 e. The highest BCUT2D eigenvalue weighted by Crippen LogP contribution is 2.31. The van der Waals surface area contributed by atoms with E-state index in [0.29, 0.717) is 35.0 Å². The normalized spacial score (nSPS) is 11.8. The number of nitrogens with zero attached hydrogens (tertiary/aromatic N) is 1. The van der Waals surface area contributed by atoms with Crippen LogP contribution < -0.4 is 5.32 Å². The van der Waals surface area contributed by atoms with E-state index in [1.807, 2.05) is 65.0 Å². The average molecular weight is 827 g/mol. The zero-order chi connectivity index (χ0) is 45.4. The summed E-state index contributed by atoms with van der Waals surface area (Å²) in [7, 11) is 6.04. The molecule has 0 aliphatic heterocycles. The molecule has 3 rings (SSSR count). The Labute approximate surface area is 348 Å². The molecule has 1 N–H and O–H groups in total. The summed E-state index contributed by atoms with van der Waals surface area (Å²) in [5.74, 6) is -1.75. The number of benzene rings is 3. The first-order valence-corrected chi connectivity index (χ1v) is 19.0. The van der Waals surface area contributed by atoms with Gasteiger partial charge >= 0.3 is 18.1 Å². The van der Waals surface area contributed by atoms with Crippen LogP contribution in [0.1, 0.15) is 65.5 Å². The Hall–Kier alpha value is -5.82. The third-order valence-corrected chi connectivity index (χ3v) is 7.87. The Morgan fingerprint density at radius 2 is 1.31 bits per heavy atom. The molecule has 0 fully saturated rings. The fourth-order valence-corrected chi connectivity index (χ4v) is 4.64. The minimum Gasteiger partial charge on any atom is -0.468 e. The zero-order valence-corrected chi connectivity index (χ0v) is 36.0. The van der Waals surface area contributed by atoms with Gasteiger partial charge < -0.3 is 29.2 Å². The molecule has 324 valence electrons. The van der Waals surface area contributed by atoms with Gasteiger partial charge in [-0.3, -0.25) is 19.2 Å². The lowest BCUT2D eigenvalue weighted by atomic mass is 9.82. The summed E-state index contributed by atoms with van der Waals surface area (Å²) in [4.78, 5) is 61.5. The van der Waals surface area contributed by atoms with Crippen LogP contribution in [0.15, 0.2) is 120 Å². The Balaban J connectivity index is 0. The highest BCUT2D eigenvalue weighted by Gasteiger charge is 2.43. The summed E-state index contributed by atoms with van der Waals surface area (Å²) in [6, 6.07) is 22.7. The molecule has 59 heavy (non-hydrogen) atoms. The predicted molar refractivity (Wildman–Crippen MR) is 227 cm³/mol. The number of amides is 2. The van der Waals surface area contributed by atoms with E-state index in [0.717, 1.165) is 37.0 Å². The van der Waals surface area contributed by atoms with E-state index >= 15 is 0 Å². The van der Waals surface area contributed by atoms with Crippen LogP contribution in [-0.4, -0.2) is 83.5 Å². The van der Waals surface area contributed by atoms with Gasteiger partial charge in [-0.05, 0) is 66.3 Å². The molecule has 0 radical (unpaired) electrons. The number of carbonyl (C=O) groups excluding carboxylic acids is 5. The molecule has 13 heteroatoms. The largest absolute Gasteiger partial charge is 0.468 e. The molecule has 1 unspecified atom stereocenters. The Morgan fingerprint density at radius 1 is 0.797 bits per heavy atom. The molecule has 3 aromatic carbocycles. The summed E-state index contributed by atoms with van der Waals surface area (Å²) >= 11 is 0. The number of esters is 2. The molecule has 0 saturated heterocycles. The van der Waals surface area contributed by atoms with Crippen LogP contribution in [0.2, 0.25) is 0 Å². The number of ether oxygens (including phenoxy) is 3. The van der Waals surface area contributed by atoms with Crippen molar-refractivity contribution >= 4 is 30.5 Å². The van der Waals surface area contributed by atoms with Crippen LogP contribution in [0, 0.1) is 0 Å². The van der Waals surface area contributed by atoms with Crippen molar-refractivity contribution in [1.29, 1.82) is 0 Å². The van der Waals surface area contributed by atoms with Crippen molar-refractivity contribution in [2.24, 2.45) is 0 Å². The molecular weight excluding hydrogens is 766 g/mol. The SMILES string of the molecule is C=C/C(=C\C(C(=O)N(C)C)=C(/C)CNC=O)CCC(=O)OCC(C=O)(C(=O)OC)c1ccccc1.CC.CC.CCOC.FC(F)(F)c1ccc(-c2ccccc2)cc1. The summed E-state index contributed by atoms with van der Waals surface area (Å²) in [5, 5.41) is 2.52. The second kappa shape index (κ2) is 31.2. The topological polar surface area (TPSA) is 128 Å². The Morgan fingerprint density at radius 3 is 1.73 bits per heavy atom. The lowest BCUT2D eigenvalue weighted by molar-refractivity contribution is -0.156. The molecule has 2 amide bonds. The molecule has 3 aromatic rings. The quantitative estimate of drug-likeness (QED) is 0.0499. The lowest BCUT2D eigenvalue weighted by Crippen LogP contribution is -2.43. The minimum atomic E-state index is -4.27. The molecule has 0 heterocycles. The van der Waals surface area contributed by atoms with E-state index in [1.165, 1.54) is 23.1 Å². The fraction of sp³-hybridized carbons (Fsp3) is 0.370. The molecule has 0 saturated carbocycles. The van der Waals surface area contributed by atoms with Gasteiger partial charge in [-0.1, -0.05) is 113 Å². The molecule has 0 spiro atoms. The predicted octanol–water partition coefficient (Wildman–Crippen LogP) is 8.96. The van der Waals surface area contributed by atoms with Crippen LogP contribution in [0.4, 0.5) is 13.2 Å². The van der Waals surface area contributed by atoms with Gasteiger partial charge in [0.05, 0.1) is 12.7 Å². The van der Waals surface area contributed by atoms with Crippen molar-refractivity contribution in [3.05, 3.63) is 132 Å². The van der Waals surface area contributed by atoms with Crippen molar-refractivity contribution < 1.29 is 51.4 Å². The third-order valence-electron chi connectivity index (χ3n) is 7.87. The number of nitrogens with one attached hydrogen (secondary N) is 1. The smallest absolute Gasteiger partial charge is 0.416 e. The number of methoxy groups -OCH3 is 2. The van der Waals surface area contributed by atoms with Gasteiger partial charge in [-0.15, -0.1) is 0 Å². The van der Waals surface area contributed by atoms with Gasteiger partial charge in [-0.25, -0.2) is 0 Å². The van der Waals surface area contributed by atoms with Crippen LogP contribution in [-0.2, 0) is 49.8 Å². The standard InChI is InChI=1S/C26H32N2O7.C13H9F3.C3H8O.2C2H6/c1-6-20(14-22(24(32)28(3)4)19(2)15-27-18-30)12-13-23(31)35-17-26(16-29,25(33)34-5)21-10-8-7-9-11-21;14-13(15,16)12-8-6-11(7-9-12)10-4-2-1-3-5-10;1-3-4-2;2*1-2/h6-11,14,16,18H,1,12-13,15,17H2,2-5H3,(H,27,30);1-9H;3H2,1-2H3;2*1-2H3/b20-14+,22-19-;;;;. The van der Waals surface area contributed by atoms with E-state index in [9.17, 15) is 37.1 Å². The summed E-state index contributed by atoms with van der Waals surface area (Å²) in [5.41, 5.74) is 1.24. The number of rotatable bonds is 16. The van der Waals surface area contributed by atoms with Crippen LogP contribution in [0.3, 0.4) is 0 Å². The maximum atomic E-state index is 12.6. The zero-order valence-electron chi connectivity index (χ0n) is 36.0. The highest BCUT2D eigenvalue weighted by atomic mass is 19.4. The molecule has 0 aliphatic rings. The van der Waals surface area contributed by atoms with Gasteiger partial charge in [-0.2, -0.15) is 13.2 Å². The van der Waals surface area contributed by atoms with Gasteiger partial charge in [0.1, 0.15) is 12.9 Å². The molecule has 1 atom stereocenters. The van der Waals surface area contributed by atoms with Crippen LogP contribution >= 0.6 is 0 Å². The van der Waals surface area contributed by atoms with Crippen molar-refractivity contribution in [1.82, 2.24) is 10.2 Å². The first-order chi connectivity index (χ1) is 28.1. The van der Waals surface area contributed by atoms with Crippen molar-refractivity contribution in [3.8, 4) is 11.1 Å². The number of alkyl halides is 3. The number of aldehydes is 1. The third kappa shape index (κ3) is 19.9. The van der Waals surface area contributed by atoms with Crippen molar-refractivity contribution in [2.45, 2.75) is 66.0 Å². The number of hydrogen-bond donors (Lipinski definition) is 1. The van der Waals surface area contributed by atoms with Gasteiger partial charge in [0.25, 0.3) is 5.91 Å². The highest BCUT2D eigenvalue weighted by molar-refractivity contribution is 6.00. The van der Waals surface area contributed by atoms with Crippen molar-refractivity contribution in [3.63, 3.8) is 0 Å². The summed E-state index contributed by atoms with van der Waals surface area (Å²) in [6.45, 7) is 15.9. The number of hydrogen-bond acceptors (Lipinski definition) is 8. The van der Waals surface area contributed by atoms with Gasteiger partial charge in [0, 0.05) is 46.4 Å². The van der Waals surface area contributed by atoms with Crippen LogP contribution in [0.25, 0.3) is 11.1 Å². The summed E-state index contributed by atoms with van der Waals surface area (Å²) in [6.07, 6.45) is -0.0793. The lowest BCUT2D eigenvalue weighted by Gasteiger charge is -2.25. The number of halogens is 3. The molecule has 0 aliphatic carbocycles. The van der Waals surface area contributed by atoms with E-state index in [4.69, 9.17) is 9.47 Å². The number of allylic oxidation sites excluding steroid dienone is 2. The minimum absolute atomic E-state index is 0.0855. The van der Waals surface area contributed by atoms with E-state index < -0.39 is 35.7 Å². The van der Waals surface area contributed by atoms with Gasteiger partial charge in [0.2, 0.25) is 6.41 Å². The van der Waals surface area contributed by atoms with Gasteiger partial charge in [0.15, 0.2) is 5.41 Å². The molecular formula is C46H61F3N2O8.